The molecule has 0 bridgehead atoms. The highest BCUT2D eigenvalue weighted by molar-refractivity contribution is 7.86. The van der Waals surface area contributed by atoms with Gasteiger partial charge < -0.3 is 16.6 Å². The number of rotatable bonds is 10. The number of anilines is 2. The number of azo groups is 2. The monoisotopic (exact) mass is 837 g/mol. The Morgan fingerprint density at radius 2 is 1.36 bits per heavy atom. The van der Waals surface area contributed by atoms with Crippen molar-refractivity contribution in [1.29, 1.82) is 5.26 Å². The molecule has 0 spiro atoms. The van der Waals surface area contributed by atoms with Gasteiger partial charge in [-0.15, -0.1) is 20.5 Å². The number of para-hydroxylation sites is 1. The Morgan fingerprint density at radius 3 is 1.93 bits per heavy atom. The molecule has 5 aromatic heterocycles. The molecule has 7 N–H and O–H groups in total. The molecule has 0 aliphatic heterocycles. The lowest BCUT2D eigenvalue weighted by molar-refractivity contribution is 0.423. The van der Waals surface area contributed by atoms with E-state index in [1.807, 2.05) is 6.07 Å². The van der Waals surface area contributed by atoms with Crippen molar-refractivity contribution in [2.45, 2.75) is 23.6 Å². The lowest BCUT2D eigenvalue weighted by Gasteiger charge is -2.08. The first-order chi connectivity index (χ1) is 28.0. The number of nitriles is 1. The fraction of sp³-hybridized carbons (Fsp3) is 0.0645. The van der Waals surface area contributed by atoms with Gasteiger partial charge in [-0.1, -0.05) is 18.2 Å². The molecule has 0 saturated heterocycles. The highest BCUT2D eigenvalue weighted by Crippen LogP contribution is 2.37. The van der Waals surface area contributed by atoms with Crippen LogP contribution in [-0.2, 0) is 20.2 Å². The molecule has 0 aliphatic carbocycles. The van der Waals surface area contributed by atoms with Gasteiger partial charge in [0.1, 0.15) is 16.5 Å². The molecule has 2 aromatic carbocycles. The standard InChI is InChI=1S/C31H23N19O7S2/c1-15-23(41-43-27-17(12-32)13-36-47(27)18-7-6-8-19(11-18)58(52,53)54)25(33)49(45-15)29-38-30(40-31(51)39-29)50-26(34)24(16(2)46-50)42-44-28-20(35-3)14-37-48(28)21-9-4-5-10-22(21)59(55,56)57/h4-11,13-14H,33-34H2,1-2H3,(H,52,53,54)(H,55,56,57)(H,38,39,40,51). The molecular weight excluding hydrogens is 815 g/mol. The van der Waals surface area contributed by atoms with E-state index in [2.05, 4.69) is 60.6 Å². The fourth-order valence-electron chi connectivity index (χ4n) is 5.37. The Kier molecular flexibility index (Phi) is 9.67. The second-order valence-corrected chi connectivity index (χ2v) is 14.6. The van der Waals surface area contributed by atoms with Gasteiger partial charge in [-0.3, -0.25) is 9.11 Å². The molecule has 5 heterocycles. The van der Waals surface area contributed by atoms with E-state index in [1.54, 1.807) is 0 Å². The van der Waals surface area contributed by atoms with Crippen molar-refractivity contribution in [3.63, 3.8) is 0 Å². The number of aromatic hydroxyl groups is 1. The topological polar surface area (TPSA) is 369 Å². The first-order valence-electron chi connectivity index (χ1n) is 16.1. The first kappa shape index (κ1) is 38.9. The summed E-state index contributed by atoms with van der Waals surface area (Å²) in [6.07, 6.45) is 2.30. The Labute approximate surface area is 330 Å². The maximum Gasteiger partial charge on any atom is 0.320 e. The molecule has 59 heavy (non-hydrogen) atoms. The first-order valence-corrected chi connectivity index (χ1v) is 19.0. The van der Waals surface area contributed by atoms with E-state index in [9.17, 15) is 36.3 Å². The summed E-state index contributed by atoms with van der Waals surface area (Å²) in [4.78, 5) is 14.5. The molecule has 0 atom stereocenters. The number of nitrogens with two attached hydrogens (primary N) is 2. The minimum absolute atomic E-state index is 0.0239. The van der Waals surface area contributed by atoms with Crippen LogP contribution in [0.1, 0.15) is 17.0 Å². The van der Waals surface area contributed by atoms with Crippen LogP contribution in [0.5, 0.6) is 6.01 Å². The number of nitrogen functional groups attached to an aromatic ring is 2. The summed E-state index contributed by atoms with van der Waals surface area (Å²) in [7, 11) is -9.28. The molecule has 0 radical (unpaired) electrons. The summed E-state index contributed by atoms with van der Waals surface area (Å²) >= 11 is 0. The van der Waals surface area contributed by atoms with E-state index in [0.717, 1.165) is 43.1 Å². The quantitative estimate of drug-likeness (QED) is 0.0741. The molecule has 296 valence electrons. The predicted molar refractivity (Wildman–Crippen MR) is 200 cm³/mol. The molecular formula is C31H23N19O7S2. The van der Waals surface area contributed by atoms with E-state index >= 15 is 0 Å². The van der Waals surface area contributed by atoms with Crippen molar-refractivity contribution < 1.29 is 31.0 Å². The van der Waals surface area contributed by atoms with Crippen molar-refractivity contribution in [3.05, 3.63) is 89.3 Å². The molecule has 0 amide bonds. The van der Waals surface area contributed by atoms with Crippen LogP contribution in [0.2, 0.25) is 0 Å². The van der Waals surface area contributed by atoms with Crippen LogP contribution in [-0.4, -0.2) is 85.1 Å². The number of hydrogen-bond acceptors (Lipinski definition) is 19. The molecule has 0 saturated carbocycles. The van der Waals surface area contributed by atoms with Crippen LogP contribution in [0, 0.1) is 31.8 Å². The Hall–Kier alpha value is -8.31. The fourth-order valence-corrected chi connectivity index (χ4v) is 6.56. The van der Waals surface area contributed by atoms with Gasteiger partial charge in [-0.25, -0.2) is 14.2 Å². The predicted octanol–water partition coefficient (Wildman–Crippen LogP) is 3.85. The summed E-state index contributed by atoms with van der Waals surface area (Å²) in [5, 5.41) is 53.6. The normalized spacial score (nSPS) is 12.0. The summed E-state index contributed by atoms with van der Waals surface area (Å²) in [6, 6.07) is 11.5. The van der Waals surface area contributed by atoms with Crippen LogP contribution in [0.3, 0.4) is 0 Å². The average Bonchev–Trinajstić information content (AvgIpc) is 3.95. The van der Waals surface area contributed by atoms with Gasteiger partial charge in [0.05, 0.1) is 46.6 Å². The maximum atomic E-state index is 12.1. The highest BCUT2D eigenvalue weighted by atomic mass is 32.2. The largest absolute Gasteiger partial charge is 0.479 e. The Bertz CT molecular complexity index is 3220. The van der Waals surface area contributed by atoms with Gasteiger partial charge in [0, 0.05) is 0 Å². The van der Waals surface area contributed by atoms with Gasteiger partial charge in [-0.05, 0) is 44.2 Å². The van der Waals surface area contributed by atoms with E-state index in [1.165, 1.54) is 50.4 Å². The Balaban J connectivity index is 1.23. The van der Waals surface area contributed by atoms with Gasteiger partial charge in [0.2, 0.25) is 0 Å². The van der Waals surface area contributed by atoms with E-state index < -0.39 is 36.0 Å². The maximum absolute atomic E-state index is 12.1. The average molecular weight is 838 g/mol. The number of nitrogens with zero attached hydrogens (tertiary/aromatic N) is 17. The van der Waals surface area contributed by atoms with Crippen molar-refractivity contribution in [2.24, 2.45) is 20.5 Å². The molecule has 26 nitrogen and oxygen atoms in total. The third-order valence-corrected chi connectivity index (χ3v) is 9.79. The summed E-state index contributed by atoms with van der Waals surface area (Å²) in [6.45, 7) is 10.6. The second kappa shape index (κ2) is 14.6. The summed E-state index contributed by atoms with van der Waals surface area (Å²) in [5.41, 5.74) is 12.9. The van der Waals surface area contributed by atoms with Crippen molar-refractivity contribution in [1.82, 2.24) is 54.1 Å². The molecule has 0 fully saturated rings. The minimum atomic E-state index is -4.71. The minimum Gasteiger partial charge on any atom is -0.479 e. The zero-order valence-corrected chi connectivity index (χ0v) is 31.5. The van der Waals surface area contributed by atoms with E-state index in [4.69, 9.17) is 18.0 Å². The van der Waals surface area contributed by atoms with Crippen molar-refractivity contribution >= 4 is 60.6 Å². The number of aryl methyl sites for hydroxylation is 2. The van der Waals surface area contributed by atoms with Crippen molar-refractivity contribution in [2.75, 3.05) is 11.5 Å². The van der Waals surface area contributed by atoms with E-state index in [-0.39, 0.29) is 80.6 Å². The number of aromatic nitrogens is 11. The summed E-state index contributed by atoms with van der Waals surface area (Å²) < 4.78 is 70.9. The SMILES string of the molecule is [C-]#[N+]c1cnn(-c2ccccc2S(=O)(=O)O)c1N=Nc1c(C)nn(-c2nc(O)nc(-n3nc(C)c(N=Nc4c(C#N)cnn4-c4cccc(S(=O)(=O)O)c4)c3N)n2)c1N. The third kappa shape index (κ3) is 7.27. The van der Waals surface area contributed by atoms with E-state index in [0.29, 0.717) is 0 Å². The lowest BCUT2D eigenvalue weighted by atomic mass is 10.3. The molecule has 7 rings (SSSR count). The lowest BCUT2D eigenvalue weighted by Crippen LogP contribution is -2.13. The molecule has 0 aliphatic rings. The van der Waals surface area contributed by atoms with Gasteiger partial charge in [0.15, 0.2) is 34.6 Å². The Morgan fingerprint density at radius 1 is 0.763 bits per heavy atom. The van der Waals surface area contributed by atoms with Crippen LogP contribution >= 0.6 is 0 Å². The highest BCUT2D eigenvalue weighted by Gasteiger charge is 2.24. The third-order valence-electron chi connectivity index (χ3n) is 8.04. The number of benzene rings is 2. The van der Waals surface area contributed by atoms with Crippen LogP contribution in [0.15, 0.2) is 91.2 Å². The van der Waals surface area contributed by atoms with Crippen LogP contribution in [0.4, 0.5) is 40.3 Å². The molecule has 7 aromatic rings. The van der Waals surface area contributed by atoms with Gasteiger partial charge in [-0.2, -0.15) is 66.8 Å². The zero-order valence-electron chi connectivity index (χ0n) is 29.8. The molecule has 0 unspecified atom stereocenters. The van der Waals surface area contributed by atoms with Gasteiger partial charge in [0.25, 0.3) is 37.8 Å². The van der Waals surface area contributed by atoms with Crippen molar-refractivity contribution in [3.8, 4) is 35.4 Å². The second-order valence-electron chi connectivity index (χ2n) is 11.8. The van der Waals surface area contributed by atoms with Gasteiger partial charge >= 0.3 is 6.01 Å². The molecule has 28 heteroatoms. The summed E-state index contributed by atoms with van der Waals surface area (Å²) in [5.74, 6) is -1.40. The zero-order chi connectivity index (χ0) is 42.4. The van der Waals surface area contributed by atoms with Crippen LogP contribution < -0.4 is 11.5 Å². The number of hydrogen-bond donors (Lipinski definition) is 5. The van der Waals surface area contributed by atoms with Crippen LogP contribution in [0.25, 0.3) is 28.1 Å². The smallest absolute Gasteiger partial charge is 0.320 e.